The minimum absolute atomic E-state index is 0.0350. The molecule has 0 saturated carbocycles. The molecule has 0 spiro atoms. The average Bonchev–Trinajstić information content (AvgIpc) is 2.34. The minimum Gasteiger partial charge on any atom is -0.499 e. The standard InChI is InChI=1S/C10H14O8S3/c1-2-17-7-8-18-9(20(11,12)13)3-5-10(19,6-4-9)21(14,15)16/h2-6,19H,1,7-8H2,(H,11,12,13)(H,14,15,16). The molecule has 1 aliphatic carbocycles. The number of hydrogen-bond donors (Lipinski definition) is 3. The van der Waals surface area contributed by atoms with Gasteiger partial charge in [0, 0.05) is 0 Å². The molecule has 1 aliphatic rings. The second kappa shape index (κ2) is 6.10. The molecule has 0 aliphatic heterocycles. The van der Waals surface area contributed by atoms with Crippen LogP contribution >= 0.6 is 12.6 Å². The Bertz CT molecular complexity index is 644. The van der Waals surface area contributed by atoms with Crippen LogP contribution in [0.25, 0.3) is 0 Å². The molecule has 0 bridgehead atoms. The van der Waals surface area contributed by atoms with Gasteiger partial charge >= 0.3 is 10.1 Å². The van der Waals surface area contributed by atoms with Crippen LogP contribution in [0, 0.1) is 0 Å². The first kappa shape index (κ1) is 18.2. The molecule has 0 aromatic carbocycles. The molecule has 0 saturated heterocycles. The molecule has 0 heterocycles. The Kier molecular flexibility index (Phi) is 5.29. The molecule has 0 unspecified atom stereocenters. The van der Waals surface area contributed by atoms with Crippen LogP contribution in [0.2, 0.25) is 0 Å². The second-order valence-corrected chi connectivity index (χ2v) is 8.23. The Morgan fingerprint density at radius 1 is 1.05 bits per heavy atom. The van der Waals surface area contributed by atoms with Gasteiger partial charge in [0.1, 0.15) is 6.61 Å². The van der Waals surface area contributed by atoms with Gasteiger partial charge in [0.15, 0.2) is 4.08 Å². The zero-order valence-corrected chi connectivity index (χ0v) is 13.1. The molecular weight excluding hydrogens is 344 g/mol. The van der Waals surface area contributed by atoms with E-state index in [1.54, 1.807) is 0 Å². The second-order valence-electron chi connectivity index (χ2n) is 3.98. The fourth-order valence-corrected chi connectivity index (χ4v) is 2.77. The van der Waals surface area contributed by atoms with Gasteiger partial charge in [0.05, 0.1) is 12.9 Å². The highest BCUT2D eigenvalue weighted by Crippen LogP contribution is 2.35. The lowest BCUT2D eigenvalue weighted by Gasteiger charge is -2.30. The van der Waals surface area contributed by atoms with E-state index in [0.717, 1.165) is 30.6 Å². The lowest BCUT2D eigenvalue weighted by Crippen LogP contribution is -2.43. The van der Waals surface area contributed by atoms with E-state index in [9.17, 15) is 21.4 Å². The smallest absolute Gasteiger partial charge is 0.303 e. The van der Waals surface area contributed by atoms with Crippen LogP contribution in [-0.2, 0) is 29.7 Å². The van der Waals surface area contributed by atoms with Crippen molar-refractivity contribution in [3.8, 4) is 0 Å². The molecule has 21 heavy (non-hydrogen) atoms. The quantitative estimate of drug-likeness (QED) is 0.196. The molecule has 0 aromatic heterocycles. The fraction of sp³-hybridized carbons (Fsp3) is 0.400. The van der Waals surface area contributed by atoms with Gasteiger partial charge in [0.25, 0.3) is 10.1 Å². The van der Waals surface area contributed by atoms with Crippen LogP contribution in [0.3, 0.4) is 0 Å². The van der Waals surface area contributed by atoms with Crippen molar-refractivity contribution in [1.82, 2.24) is 0 Å². The molecule has 0 radical (unpaired) electrons. The highest BCUT2D eigenvalue weighted by molar-refractivity contribution is 8.03. The number of rotatable bonds is 7. The van der Waals surface area contributed by atoms with Crippen LogP contribution in [0.5, 0.6) is 0 Å². The van der Waals surface area contributed by atoms with Gasteiger partial charge in [-0.15, -0.1) is 12.6 Å². The Labute approximate surface area is 128 Å². The van der Waals surface area contributed by atoms with Crippen molar-refractivity contribution in [2.45, 2.75) is 9.01 Å². The van der Waals surface area contributed by atoms with Crippen molar-refractivity contribution in [3.05, 3.63) is 37.1 Å². The van der Waals surface area contributed by atoms with Crippen LogP contribution in [0.1, 0.15) is 0 Å². The monoisotopic (exact) mass is 358 g/mol. The molecule has 0 atom stereocenters. The van der Waals surface area contributed by atoms with Crippen LogP contribution in [0.4, 0.5) is 0 Å². The molecular formula is C10H14O8S3. The number of hydrogen-bond acceptors (Lipinski definition) is 7. The van der Waals surface area contributed by atoms with Crippen molar-refractivity contribution in [2.24, 2.45) is 0 Å². The molecule has 120 valence electrons. The Hall–Kier alpha value is -0.850. The average molecular weight is 358 g/mol. The van der Waals surface area contributed by atoms with Crippen LogP contribution in [-0.4, -0.2) is 48.2 Å². The lowest BCUT2D eigenvalue weighted by molar-refractivity contribution is 0.0434. The number of thiol groups is 1. The topological polar surface area (TPSA) is 127 Å². The largest absolute Gasteiger partial charge is 0.499 e. The molecule has 2 N–H and O–H groups in total. The van der Waals surface area contributed by atoms with Crippen molar-refractivity contribution >= 4 is 32.9 Å². The van der Waals surface area contributed by atoms with Gasteiger partial charge in [0.2, 0.25) is 4.93 Å². The minimum atomic E-state index is -4.76. The molecule has 0 fully saturated rings. The summed E-state index contributed by atoms with van der Waals surface area (Å²) in [5.74, 6) is 0. The molecule has 8 nitrogen and oxygen atoms in total. The van der Waals surface area contributed by atoms with Gasteiger partial charge < -0.3 is 9.47 Å². The SMILES string of the molecule is C=COCCOC1(S(=O)(=O)O)C=CC(S)(S(=O)(=O)O)C=C1. The van der Waals surface area contributed by atoms with Crippen LogP contribution in [0.15, 0.2) is 37.1 Å². The van der Waals surface area contributed by atoms with E-state index in [2.05, 4.69) is 19.2 Å². The third kappa shape index (κ3) is 3.87. The zero-order valence-electron chi connectivity index (χ0n) is 10.6. The van der Waals surface area contributed by atoms with Gasteiger partial charge in [-0.1, -0.05) is 6.58 Å². The van der Waals surface area contributed by atoms with E-state index in [4.69, 9.17) is 14.0 Å². The van der Waals surface area contributed by atoms with Gasteiger partial charge in [-0.05, 0) is 24.3 Å². The summed E-state index contributed by atoms with van der Waals surface area (Å²) >= 11 is 3.75. The summed E-state index contributed by atoms with van der Waals surface area (Å²) in [7, 11) is -9.39. The van der Waals surface area contributed by atoms with E-state index in [0.29, 0.717) is 0 Å². The first-order valence-electron chi connectivity index (χ1n) is 5.41. The first-order valence-corrected chi connectivity index (χ1v) is 8.74. The fourth-order valence-electron chi connectivity index (χ4n) is 1.43. The summed E-state index contributed by atoms with van der Waals surface area (Å²) < 4.78 is 71.2. The third-order valence-electron chi connectivity index (χ3n) is 2.57. The molecule has 0 aromatic rings. The summed E-state index contributed by atoms with van der Waals surface area (Å²) in [4.78, 5) is -2.28. The van der Waals surface area contributed by atoms with Gasteiger partial charge in [-0.3, -0.25) is 9.11 Å². The van der Waals surface area contributed by atoms with Crippen LogP contribution < -0.4 is 0 Å². The predicted octanol–water partition coefficient (Wildman–Crippen LogP) is 0.387. The maximum Gasteiger partial charge on any atom is 0.303 e. The van der Waals surface area contributed by atoms with E-state index in [-0.39, 0.29) is 13.2 Å². The van der Waals surface area contributed by atoms with Crippen molar-refractivity contribution in [3.63, 3.8) is 0 Å². The summed E-state index contributed by atoms with van der Waals surface area (Å²) in [6.07, 6.45) is 4.24. The zero-order chi connectivity index (χ0) is 16.4. The Morgan fingerprint density at radius 3 is 1.95 bits per heavy atom. The first-order chi connectivity index (χ1) is 9.47. The van der Waals surface area contributed by atoms with Crippen molar-refractivity contribution in [2.75, 3.05) is 13.2 Å². The Morgan fingerprint density at radius 2 is 1.57 bits per heavy atom. The molecule has 11 heteroatoms. The maximum absolute atomic E-state index is 11.5. The van der Waals surface area contributed by atoms with E-state index in [1.807, 2.05) is 0 Å². The van der Waals surface area contributed by atoms with E-state index >= 15 is 0 Å². The summed E-state index contributed by atoms with van der Waals surface area (Å²) in [5.41, 5.74) is 0. The predicted molar refractivity (Wildman–Crippen MR) is 77.9 cm³/mol. The molecule has 1 rings (SSSR count). The summed E-state index contributed by atoms with van der Waals surface area (Å²) in [5, 5.41) is 0. The van der Waals surface area contributed by atoms with E-state index < -0.39 is 29.2 Å². The summed E-state index contributed by atoms with van der Waals surface area (Å²) in [6.45, 7) is 3.01. The van der Waals surface area contributed by atoms with Crippen molar-refractivity contribution < 1.29 is 35.4 Å². The molecule has 0 amide bonds. The van der Waals surface area contributed by atoms with Gasteiger partial charge in [-0.2, -0.15) is 16.8 Å². The third-order valence-corrected chi connectivity index (χ3v) is 5.86. The summed E-state index contributed by atoms with van der Waals surface area (Å²) in [6, 6.07) is 0. The highest BCUT2D eigenvalue weighted by atomic mass is 32.3. The number of ether oxygens (including phenoxy) is 2. The van der Waals surface area contributed by atoms with Gasteiger partial charge in [-0.25, -0.2) is 0 Å². The highest BCUT2D eigenvalue weighted by Gasteiger charge is 2.46. The normalized spacial score (nSPS) is 29.3. The van der Waals surface area contributed by atoms with E-state index in [1.165, 1.54) is 0 Å². The lowest BCUT2D eigenvalue weighted by atomic mass is 10.1. The van der Waals surface area contributed by atoms with Crippen molar-refractivity contribution in [1.29, 1.82) is 0 Å². The Balaban J connectivity index is 3.09. The maximum atomic E-state index is 11.5.